The molecule has 2 aliphatic heterocycles. The van der Waals surface area contributed by atoms with Gasteiger partial charge in [-0.1, -0.05) is 13.8 Å². The molecule has 0 saturated carbocycles. The van der Waals surface area contributed by atoms with Crippen LogP contribution in [0.5, 0.6) is 0 Å². The highest BCUT2D eigenvalue weighted by atomic mass is 15.1. The van der Waals surface area contributed by atoms with Crippen LogP contribution < -0.4 is 10.2 Å². The predicted molar refractivity (Wildman–Crippen MR) is 92.2 cm³/mol. The minimum atomic E-state index is 0.619. The third-order valence-corrected chi connectivity index (χ3v) is 5.42. The molecule has 1 saturated heterocycles. The second kappa shape index (κ2) is 6.29. The molecule has 0 amide bonds. The Morgan fingerprint density at radius 1 is 1.14 bits per heavy atom. The van der Waals surface area contributed by atoms with Gasteiger partial charge in [-0.3, -0.25) is 0 Å². The van der Waals surface area contributed by atoms with Crippen LogP contribution in [0.25, 0.3) is 0 Å². The van der Waals surface area contributed by atoms with Gasteiger partial charge in [0.2, 0.25) is 0 Å². The summed E-state index contributed by atoms with van der Waals surface area (Å²) >= 11 is 0. The Balaban J connectivity index is 1.72. The summed E-state index contributed by atoms with van der Waals surface area (Å²) < 4.78 is 0. The van der Waals surface area contributed by atoms with Gasteiger partial charge in [0, 0.05) is 30.5 Å². The molecular formula is C19H30N2. The molecule has 3 rings (SSSR count). The molecule has 2 heteroatoms. The fraction of sp³-hybridized carbons (Fsp3) is 0.684. The average molecular weight is 286 g/mol. The van der Waals surface area contributed by atoms with E-state index in [1.807, 2.05) is 0 Å². The van der Waals surface area contributed by atoms with Crippen LogP contribution in [0.15, 0.2) is 18.2 Å². The van der Waals surface area contributed by atoms with Gasteiger partial charge in [0.1, 0.15) is 0 Å². The van der Waals surface area contributed by atoms with Gasteiger partial charge in [0.05, 0.1) is 0 Å². The zero-order valence-corrected chi connectivity index (χ0v) is 13.9. The Morgan fingerprint density at radius 3 is 2.81 bits per heavy atom. The van der Waals surface area contributed by atoms with Crippen LogP contribution in [0, 0.1) is 11.8 Å². The molecule has 0 bridgehead atoms. The van der Waals surface area contributed by atoms with E-state index in [1.54, 1.807) is 0 Å². The second-order valence-electron chi connectivity index (χ2n) is 7.35. The van der Waals surface area contributed by atoms with E-state index in [1.165, 1.54) is 62.1 Å². The highest BCUT2D eigenvalue weighted by Crippen LogP contribution is 2.31. The number of aryl methyl sites for hydroxylation is 1. The van der Waals surface area contributed by atoms with E-state index in [-0.39, 0.29) is 0 Å². The van der Waals surface area contributed by atoms with Crippen molar-refractivity contribution in [1.29, 1.82) is 0 Å². The van der Waals surface area contributed by atoms with Crippen molar-refractivity contribution < 1.29 is 0 Å². The number of rotatable bonds is 2. The normalized spacial score (nSPS) is 26.2. The Morgan fingerprint density at radius 2 is 2.00 bits per heavy atom. The van der Waals surface area contributed by atoms with E-state index in [4.69, 9.17) is 0 Å². The molecule has 2 aliphatic rings. The third-order valence-electron chi connectivity index (χ3n) is 5.42. The quantitative estimate of drug-likeness (QED) is 0.848. The van der Waals surface area contributed by atoms with Gasteiger partial charge in [-0.15, -0.1) is 0 Å². The number of anilines is 2. The van der Waals surface area contributed by atoms with E-state index in [0.29, 0.717) is 6.04 Å². The molecule has 1 aromatic rings. The molecule has 1 N–H and O–H groups in total. The van der Waals surface area contributed by atoms with Crippen LogP contribution in [0.3, 0.4) is 0 Å². The summed E-state index contributed by atoms with van der Waals surface area (Å²) in [6.45, 7) is 9.49. The maximum atomic E-state index is 3.61. The van der Waals surface area contributed by atoms with Crippen LogP contribution in [0.4, 0.5) is 11.4 Å². The summed E-state index contributed by atoms with van der Waals surface area (Å²) in [5.41, 5.74) is 4.30. The molecule has 116 valence electrons. The van der Waals surface area contributed by atoms with E-state index in [2.05, 4.69) is 49.2 Å². The van der Waals surface area contributed by atoms with E-state index >= 15 is 0 Å². The summed E-state index contributed by atoms with van der Waals surface area (Å²) in [7, 11) is 0. The van der Waals surface area contributed by atoms with Crippen molar-refractivity contribution in [3.05, 3.63) is 23.8 Å². The number of nitrogens with one attached hydrogen (secondary N) is 1. The Hall–Kier alpha value is -1.18. The molecule has 2 atom stereocenters. The lowest BCUT2D eigenvalue weighted by atomic mass is 9.89. The minimum Gasteiger partial charge on any atom is -0.382 e. The lowest BCUT2D eigenvalue weighted by molar-refractivity contribution is 0.351. The molecule has 0 radical (unpaired) electrons. The second-order valence-corrected chi connectivity index (χ2v) is 7.35. The number of hydrogen-bond acceptors (Lipinski definition) is 2. The monoisotopic (exact) mass is 286 g/mol. The van der Waals surface area contributed by atoms with Crippen LogP contribution in [-0.2, 0) is 6.42 Å². The van der Waals surface area contributed by atoms with Gasteiger partial charge in [0.25, 0.3) is 0 Å². The van der Waals surface area contributed by atoms with Crippen molar-refractivity contribution >= 4 is 11.4 Å². The van der Waals surface area contributed by atoms with Crippen LogP contribution in [-0.4, -0.2) is 19.1 Å². The molecule has 2 unspecified atom stereocenters. The predicted octanol–water partition coefficient (Wildman–Crippen LogP) is 4.70. The van der Waals surface area contributed by atoms with Crippen molar-refractivity contribution in [3.63, 3.8) is 0 Å². The third kappa shape index (κ3) is 3.36. The van der Waals surface area contributed by atoms with Crippen LogP contribution in [0.1, 0.15) is 52.0 Å². The Labute approximate surface area is 129 Å². The van der Waals surface area contributed by atoms with Crippen molar-refractivity contribution in [2.24, 2.45) is 11.8 Å². The first kappa shape index (κ1) is 14.7. The number of fused-ring (bicyclic) bond motifs is 1. The average Bonchev–Trinajstić information content (AvgIpc) is 2.72. The van der Waals surface area contributed by atoms with Gasteiger partial charge in [0.15, 0.2) is 0 Å². The van der Waals surface area contributed by atoms with Crippen LogP contribution >= 0.6 is 0 Å². The van der Waals surface area contributed by atoms with Gasteiger partial charge >= 0.3 is 0 Å². The summed E-state index contributed by atoms with van der Waals surface area (Å²) in [6, 6.07) is 7.67. The Bertz CT molecular complexity index is 480. The number of benzene rings is 1. The molecule has 0 aromatic heterocycles. The topological polar surface area (TPSA) is 15.3 Å². The maximum absolute atomic E-state index is 3.61. The smallest absolute Gasteiger partial charge is 0.0376 e. The van der Waals surface area contributed by atoms with E-state index < -0.39 is 0 Å². The van der Waals surface area contributed by atoms with Crippen molar-refractivity contribution in [1.82, 2.24) is 0 Å². The standard InChI is InChI=1S/C19H30N2/c1-14(2)16-5-4-11-21(12-10-16)18-8-9-19-17(13-18)7-6-15(3)20-19/h8-9,13-16,20H,4-7,10-12H2,1-3H3. The summed E-state index contributed by atoms with van der Waals surface area (Å²) in [5.74, 6) is 1.74. The van der Waals surface area contributed by atoms with Crippen molar-refractivity contribution in [2.75, 3.05) is 23.3 Å². The molecule has 0 spiro atoms. The molecule has 0 aliphatic carbocycles. The fourth-order valence-corrected chi connectivity index (χ4v) is 3.88. The lowest BCUT2D eigenvalue weighted by Crippen LogP contribution is -2.26. The SMILES string of the molecule is CC1CCc2cc(N3CCCC(C(C)C)CC3)ccc2N1. The molecular weight excluding hydrogens is 256 g/mol. The highest BCUT2D eigenvalue weighted by molar-refractivity contribution is 5.62. The van der Waals surface area contributed by atoms with Crippen molar-refractivity contribution in [3.8, 4) is 0 Å². The molecule has 21 heavy (non-hydrogen) atoms. The first-order chi connectivity index (χ1) is 10.1. The molecule has 1 aromatic carbocycles. The van der Waals surface area contributed by atoms with Crippen LogP contribution in [0.2, 0.25) is 0 Å². The summed E-state index contributed by atoms with van der Waals surface area (Å²) in [5, 5.41) is 3.61. The number of nitrogens with zero attached hydrogens (tertiary/aromatic N) is 1. The lowest BCUT2D eigenvalue weighted by Gasteiger charge is -2.28. The first-order valence-corrected chi connectivity index (χ1v) is 8.78. The Kier molecular flexibility index (Phi) is 4.42. The van der Waals surface area contributed by atoms with Crippen molar-refractivity contribution in [2.45, 2.75) is 58.9 Å². The molecule has 2 nitrogen and oxygen atoms in total. The van der Waals surface area contributed by atoms with Gasteiger partial charge in [-0.05, 0) is 74.6 Å². The summed E-state index contributed by atoms with van der Waals surface area (Å²) in [4.78, 5) is 2.61. The molecule has 1 fully saturated rings. The number of hydrogen-bond donors (Lipinski definition) is 1. The zero-order valence-electron chi connectivity index (χ0n) is 13.9. The first-order valence-electron chi connectivity index (χ1n) is 8.78. The van der Waals surface area contributed by atoms with E-state index in [0.717, 1.165) is 11.8 Å². The highest BCUT2D eigenvalue weighted by Gasteiger charge is 2.21. The fourth-order valence-electron chi connectivity index (χ4n) is 3.88. The largest absolute Gasteiger partial charge is 0.382 e. The molecule has 2 heterocycles. The van der Waals surface area contributed by atoms with Gasteiger partial charge < -0.3 is 10.2 Å². The summed E-state index contributed by atoms with van der Waals surface area (Å²) in [6.07, 6.45) is 6.57. The minimum absolute atomic E-state index is 0.619. The van der Waals surface area contributed by atoms with E-state index in [9.17, 15) is 0 Å². The van der Waals surface area contributed by atoms with Gasteiger partial charge in [-0.2, -0.15) is 0 Å². The van der Waals surface area contributed by atoms with Gasteiger partial charge in [-0.25, -0.2) is 0 Å². The zero-order chi connectivity index (χ0) is 14.8. The maximum Gasteiger partial charge on any atom is 0.0376 e.